The van der Waals surface area contributed by atoms with Gasteiger partial charge in [-0.05, 0) is 12.1 Å². The van der Waals surface area contributed by atoms with E-state index in [1.54, 1.807) is 0 Å². The van der Waals surface area contributed by atoms with Crippen LogP contribution < -0.4 is 4.72 Å². The molecule has 3 N–H and O–H groups in total. The molecular formula is C14H15F2N4O5S+. The number of nitrogens with zero attached hydrogens (tertiary/aromatic N) is 3. The summed E-state index contributed by atoms with van der Waals surface area (Å²) in [5.74, 6) is -1.79. The standard InChI is InChI=1S/C14H13F2N4O4S.H2O/c1-23-9-6-17-14-18-12(8-20(14,7-9)24-2)25(21,22)19-13-10(15)4-3-5-11(13)16;/h3-8,19H,1-2H3;1H2/q+1;. The molecule has 0 bridgehead atoms. The zero-order chi connectivity index (χ0) is 18.2. The van der Waals surface area contributed by atoms with Crippen LogP contribution in [0.2, 0.25) is 0 Å². The molecule has 0 radical (unpaired) electrons. The van der Waals surface area contributed by atoms with Gasteiger partial charge in [-0.2, -0.15) is 23.2 Å². The molecule has 0 amide bonds. The lowest BCUT2D eigenvalue weighted by Crippen LogP contribution is -2.41. The highest BCUT2D eigenvalue weighted by molar-refractivity contribution is 7.96. The summed E-state index contributed by atoms with van der Waals surface area (Å²) in [5, 5.41) is -0.502. The molecular weight excluding hydrogens is 374 g/mol. The number of rotatable bonds is 5. The van der Waals surface area contributed by atoms with Crippen molar-refractivity contribution in [2.24, 2.45) is 9.98 Å². The first kappa shape index (κ1) is 19.7. The fourth-order valence-electron chi connectivity index (χ4n) is 2.19. The topological polar surface area (TPSA) is 121 Å². The Labute approximate surface area is 147 Å². The lowest BCUT2D eigenvalue weighted by atomic mass is 10.3. The molecule has 0 spiro atoms. The number of anilines is 1. The molecule has 3 rings (SSSR count). The average Bonchev–Trinajstić information content (AvgIpc) is 2.98. The molecule has 2 aliphatic heterocycles. The van der Waals surface area contributed by atoms with Gasteiger partial charge in [-0.1, -0.05) is 10.7 Å². The van der Waals surface area contributed by atoms with E-state index in [9.17, 15) is 17.2 Å². The average molecular weight is 389 g/mol. The van der Waals surface area contributed by atoms with E-state index in [1.807, 2.05) is 4.72 Å². The fourth-order valence-corrected chi connectivity index (χ4v) is 3.25. The molecule has 0 fully saturated rings. The molecule has 9 nitrogen and oxygen atoms in total. The Balaban J connectivity index is 0.00000243. The van der Waals surface area contributed by atoms with E-state index in [1.165, 1.54) is 26.6 Å². The first-order chi connectivity index (χ1) is 11.8. The third kappa shape index (κ3) is 3.22. The van der Waals surface area contributed by atoms with Gasteiger partial charge < -0.3 is 10.2 Å². The molecule has 1 aromatic rings. The van der Waals surface area contributed by atoms with Crippen molar-refractivity contribution >= 4 is 27.9 Å². The number of hydroxylamine groups is 3. The molecule has 1 atom stereocenters. The number of quaternary nitrogens is 1. The smallest absolute Gasteiger partial charge is 0.373 e. The van der Waals surface area contributed by atoms with Gasteiger partial charge in [0.15, 0.2) is 18.2 Å². The Hall–Kier alpha value is -2.67. The van der Waals surface area contributed by atoms with Crippen LogP contribution in [0.15, 0.2) is 51.4 Å². The van der Waals surface area contributed by atoms with Crippen molar-refractivity contribution in [2.45, 2.75) is 0 Å². The number of sulfonamides is 1. The van der Waals surface area contributed by atoms with Gasteiger partial charge in [-0.15, -0.1) is 0 Å². The number of nitrogens with one attached hydrogen (secondary N) is 1. The summed E-state index contributed by atoms with van der Waals surface area (Å²) in [6.07, 6.45) is 3.88. The van der Waals surface area contributed by atoms with E-state index >= 15 is 0 Å². The van der Waals surface area contributed by atoms with Gasteiger partial charge in [-0.3, -0.25) is 4.72 Å². The van der Waals surface area contributed by atoms with Gasteiger partial charge in [-0.25, -0.2) is 8.78 Å². The fraction of sp³-hybridized carbons (Fsp3) is 0.143. The van der Waals surface area contributed by atoms with Crippen molar-refractivity contribution in [3.05, 3.63) is 53.0 Å². The molecule has 140 valence electrons. The number of hydrogen-bond donors (Lipinski definition) is 1. The minimum Gasteiger partial charge on any atom is -0.490 e. The molecule has 12 heteroatoms. The largest absolute Gasteiger partial charge is 0.490 e. The molecule has 0 saturated carbocycles. The maximum absolute atomic E-state index is 13.7. The highest BCUT2D eigenvalue weighted by atomic mass is 32.2. The Morgan fingerprint density at radius 2 is 1.81 bits per heavy atom. The summed E-state index contributed by atoms with van der Waals surface area (Å²) in [7, 11) is -1.66. The number of ether oxygens (including phenoxy) is 1. The molecule has 0 aliphatic carbocycles. The second-order valence-electron chi connectivity index (χ2n) is 4.97. The molecule has 26 heavy (non-hydrogen) atoms. The molecule has 1 unspecified atom stereocenters. The van der Waals surface area contributed by atoms with Crippen molar-refractivity contribution in [3.63, 3.8) is 0 Å². The van der Waals surface area contributed by atoms with Gasteiger partial charge in [0.05, 0.1) is 20.4 Å². The number of para-hydroxylation sites is 1. The molecule has 2 heterocycles. The van der Waals surface area contributed by atoms with Crippen molar-refractivity contribution in [2.75, 3.05) is 18.9 Å². The van der Waals surface area contributed by atoms with E-state index in [0.717, 1.165) is 24.4 Å². The third-order valence-corrected chi connectivity index (χ3v) is 4.68. The Morgan fingerprint density at radius 1 is 1.15 bits per heavy atom. The minimum absolute atomic E-state index is 0. The lowest BCUT2D eigenvalue weighted by molar-refractivity contribution is -0.947. The van der Waals surface area contributed by atoms with Crippen LogP contribution in [0.25, 0.3) is 0 Å². The zero-order valence-electron chi connectivity index (χ0n) is 13.6. The highest BCUT2D eigenvalue weighted by Crippen LogP contribution is 2.31. The zero-order valence-corrected chi connectivity index (χ0v) is 14.4. The number of hydrogen-bond acceptors (Lipinski definition) is 6. The maximum atomic E-state index is 13.7. The monoisotopic (exact) mass is 389 g/mol. The molecule has 1 aromatic carbocycles. The normalized spacial score (nSPS) is 21.2. The Morgan fingerprint density at radius 3 is 2.38 bits per heavy atom. The summed E-state index contributed by atoms with van der Waals surface area (Å²) >= 11 is 0. The number of methoxy groups -OCH3 is 1. The first-order valence-corrected chi connectivity index (χ1v) is 8.33. The summed E-state index contributed by atoms with van der Waals surface area (Å²) in [4.78, 5) is 13.1. The second-order valence-corrected chi connectivity index (χ2v) is 6.60. The minimum atomic E-state index is -4.38. The molecule has 0 aromatic heterocycles. The van der Waals surface area contributed by atoms with E-state index in [4.69, 9.17) is 9.57 Å². The molecule has 0 saturated heterocycles. The number of guanidine groups is 1. The first-order valence-electron chi connectivity index (χ1n) is 6.85. The Kier molecular flexibility index (Phi) is 5.23. The van der Waals surface area contributed by atoms with Gasteiger partial charge >= 0.3 is 5.96 Å². The van der Waals surface area contributed by atoms with Crippen molar-refractivity contribution in [1.82, 2.24) is 0 Å². The molecule has 2 aliphatic rings. The summed E-state index contributed by atoms with van der Waals surface area (Å²) in [6, 6.07) is 2.98. The summed E-state index contributed by atoms with van der Waals surface area (Å²) in [5.41, 5.74) is -0.797. The Bertz CT molecular complexity index is 938. The highest BCUT2D eigenvalue weighted by Gasteiger charge is 2.45. The van der Waals surface area contributed by atoms with E-state index in [0.29, 0.717) is 5.76 Å². The summed E-state index contributed by atoms with van der Waals surface area (Å²) in [6.45, 7) is 0. The predicted octanol–water partition coefficient (Wildman–Crippen LogP) is 1.00. The van der Waals surface area contributed by atoms with Crippen LogP contribution in [0.3, 0.4) is 0 Å². The van der Waals surface area contributed by atoms with Crippen LogP contribution in [0.5, 0.6) is 0 Å². The van der Waals surface area contributed by atoms with Gasteiger partial charge in [0.2, 0.25) is 5.03 Å². The van der Waals surface area contributed by atoms with E-state index in [2.05, 4.69) is 9.98 Å². The van der Waals surface area contributed by atoms with Crippen LogP contribution in [0.1, 0.15) is 0 Å². The van der Waals surface area contributed by atoms with Crippen molar-refractivity contribution < 1.29 is 36.9 Å². The lowest BCUT2D eigenvalue weighted by Gasteiger charge is -2.22. The van der Waals surface area contributed by atoms with Crippen molar-refractivity contribution in [1.29, 1.82) is 0 Å². The van der Waals surface area contributed by atoms with Crippen LogP contribution >= 0.6 is 0 Å². The van der Waals surface area contributed by atoms with Crippen molar-refractivity contribution in [3.8, 4) is 0 Å². The van der Waals surface area contributed by atoms with Gasteiger partial charge in [0.1, 0.15) is 17.3 Å². The van der Waals surface area contributed by atoms with Crippen LogP contribution in [-0.2, 0) is 19.6 Å². The van der Waals surface area contributed by atoms with Gasteiger partial charge in [0.25, 0.3) is 10.0 Å². The number of benzene rings is 1. The number of halogens is 2. The number of allylic oxidation sites excluding steroid dienone is 1. The van der Waals surface area contributed by atoms with E-state index in [-0.39, 0.29) is 11.4 Å². The van der Waals surface area contributed by atoms with E-state index < -0.39 is 37.0 Å². The number of fused-ring (bicyclic) bond motifs is 1. The predicted molar refractivity (Wildman–Crippen MR) is 88.9 cm³/mol. The quantitative estimate of drug-likeness (QED) is 0.755. The summed E-state index contributed by atoms with van der Waals surface area (Å²) < 4.78 is 58.7. The van der Waals surface area contributed by atoms with Crippen LogP contribution in [0, 0.1) is 11.6 Å². The second kappa shape index (κ2) is 6.92. The third-order valence-electron chi connectivity index (χ3n) is 3.46. The number of aliphatic imine (C=N–C) groups is 2. The maximum Gasteiger partial charge on any atom is 0.373 e. The van der Waals surface area contributed by atoms with Crippen LogP contribution in [0.4, 0.5) is 14.5 Å². The SMILES string of the molecule is COC1=C[N+]2(OC)C=C(S(=O)(=O)Nc3c(F)cccc3F)N=C2N=C1.O. The van der Waals surface area contributed by atoms with Gasteiger partial charge in [0, 0.05) is 0 Å². The van der Waals surface area contributed by atoms with Crippen LogP contribution in [-0.4, -0.2) is 44.9 Å².